The number of hydrogen-bond donors (Lipinski definition) is 2. The predicted molar refractivity (Wildman–Crippen MR) is 110 cm³/mol. The Bertz CT molecular complexity index is 826. The molecule has 0 spiro atoms. The number of rotatable bonds is 6. The van der Waals surface area contributed by atoms with Gasteiger partial charge < -0.3 is 10.4 Å². The molecule has 0 fully saturated rings. The second kappa shape index (κ2) is 8.81. The van der Waals surface area contributed by atoms with Gasteiger partial charge in [0.15, 0.2) is 0 Å². The highest BCUT2D eigenvalue weighted by atomic mass is 32.2. The van der Waals surface area contributed by atoms with Crippen LogP contribution in [-0.4, -0.2) is 21.0 Å². The van der Waals surface area contributed by atoms with Gasteiger partial charge >= 0.3 is 0 Å². The van der Waals surface area contributed by atoms with Gasteiger partial charge in [-0.25, -0.2) is 0 Å². The van der Waals surface area contributed by atoms with E-state index in [4.69, 9.17) is 0 Å². The smallest absolute Gasteiger partial charge is 0.225 e. The molecule has 0 aliphatic rings. The first kappa shape index (κ1) is 21.3. The molecule has 27 heavy (non-hydrogen) atoms. The predicted octanol–water partition coefficient (Wildman–Crippen LogP) is 4.06. The second-order valence-electron chi connectivity index (χ2n) is 7.87. The van der Waals surface area contributed by atoms with Gasteiger partial charge in [0, 0.05) is 10.3 Å². The minimum Gasteiger partial charge on any atom is -0.387 e. The van der Waals surface area contributed by atoms with Gasteiger partial charge in [-0.3, -0.25) is 9.00 Å². The van der Waals surface area contributed by atoms with E-state index in [1.807, 2.05) is 77.1 Å². The molecule has 0 radical (unpaired) electrons. The molecule has 2 rings (SSSR count). The van der Waals surface area contributed by atoms with Crippen molar-refractivity contribution in [1.82, 2.24) is 5.32 Å². The standard InChI is InChI=1S/C22H29NO3S/c1-15-10-6-7-11-17(15)19(24)14-27(26)20-13-9-8-12-18(20)16(2)23-21(25)22(3,4)5/h6-13,16,19,24H,14H2,1-5H3,(H,23,25)/t16-,19+,27?/m1/s1. The summed E-state index contributed by atoms with van der Waals surface area (Å²) in [5.41, 5.74) is 2.08. The van der Waals surface area contributed by atoms with E-state index in [9.17, 15) is 14.1 Å². The third-order valence-electron chi connectivity index (χ3n) is 4.52. The second-order valence-corrected chi connectivity index (χ2v) is 9.33. The maximum absolute atomic E-state index is 13.0. The number of carbonyl (C=O) groups is 1. The topological polar surface area (TPSA) is 66.4 Å². The molecule has 3 atom stereocenters. The summed E-state index contributed by atoms with van der Waals surface area (Å²) in [6.07, 6.45) is -0.806. The summed E-state index contributed by atoms with van der Waals surface area (Å²) < 4.78 is 13.0. The Hall–Kier alpha value is -1.98. The summed E-state index contributed by atoms with van der Waals surface area (Å²) in [5, 5.41) is 13.5. The number of benzene rings is 2. The molecule has 1 unspecified atom stereocenters. The van der Waals surface area contributed by atoms with E-state index >= 15 is 0 Å². The molecular formula is C22H29NO3S. The Morgan fingerprint density at radius 3 is 2.22 bits per heavy atom. The third kappa shape index (κ3) is 5.50. The van der Waals surface area contributed by atoms with Gasteiger partial charge in [-0.1, -0.05) is 63.2 Å². The zero-order valence-corrected chi connectivity index (χ0v) is 17.5. The van der Waals surface area contributed by atoms with Crippen molar-refractivity contribution < 1.29 is 14.1 Å². The van der Waals surface area contributed by atoms with Gasteiger partial charge in [0.1, 0.15) is 0 Å². The minimum atomic E-state index is -1.39. The quantitative estimate of drug-likeness (QED) is 0.785. The number of nitrogens with one attached hydrogen (secondary N) is 1. The average molecular weight is 388 g/mol. The first-order valence-electron chi connectivity index (χ1n) is 9.13. The van der Waals surface area contributed by atoms with Crippen LogP contribution in [0, 0.1) is 12.3 Å². The van der Waals surface area contributed by atoms with Gasteiger partial charge in [-0.05, 0) is 36.6 Å². The van der Waals surface area contributed by atoms with E-state index in [0.717, 1.165) is 16.7 Å². The molecule has 0 heterocycles. The van der Waals surface area contributed by atoms with Crippen LogP contribution >= 0.6 is 0 Å². The highest BCUT2D eigenvalue weighted by Crippen LogP contribution is 2.26. The molecule has 0 bridgehead atoms. The lowest BCUT2D eigenvalue weighted by molar-refractivity contribution is -0.129. The normalized spacial score (nSPS) is 15.0. The molecule has 5 heteroatoms. The summed E-state index contributed by atoms with van der Waals surface area (Å²) in [7, 11) is -1.39. The molecule has 2 N–H and O–H groups in total. The van der Waals surface area contributed by atoms with Crippen LogP contribution in [-0.2, 0) is 15.6 Å². The van der Waals surface area contributed by atoms with Crippen LogP contribution in [0.4, 0.5) is 0 Å². The van der Waals surface area contributed by atoms with Crippen molar-refractivity contribution in [1.29, 1.82) is 0 Å². The highest BCUT2D eigenvalue weighted by molar-refractivity contribution is 7.85. The zero-order chi connectivity index (χ0) is 20.2. The van der Waals surface area contributed by atoms with E-state index in [0.29, 0.717) is 4.90 Å². The van der Waals surface area contributed by atoms with Crippen LogP contribution in [0.3, 0.4) is 0 Å². The van der Waals surface area contributed by atoms with Gasteiger partial charge in [-0.15, -0.1) is 0 Å². The van der Waals surface area contributed by atoms with E-state index in [2.05, 4.69) is 5.32 Å². The molecule has 0 aliphatic heterocycles. The van der Waals surface area contributed by atoms with Crippen LogP contribution in [0.25, 0.3) is 0 Å². The van der Waals surface area contributed by atoms with Crippen molar-refractivity contribution in [2.24, 2.45) is 5.41 Å². The van der Waals surface area contributed by atoms with Crippen molar-refractivity contribution in [3.05, 3.63) is 65.2 Å². The Labute approximate surface area is 164 Å². The fourth-order valence-corrected chi connectivity index (χ4v) is 4.20. The highest BCUT2D eigenvalue weighted by Gasteiger charge is 2.25. The van der Waals surface area contributed by atoms with Crippen LogP contribution in [0.5, 0.6) is 0 Å². The fourth-order valence-electron chi connectivity index (χ4n) is 2.82. The van der Waals surface area contributed by atoms with Crippen molar-refractivity contribution in [3.63, 3.8) is 0 Å². The number of hydrogen-bond acceptors (Lipinski definition) is 3. The Morgan fingerprint density at radius 2 is 1.63 bits per heavy atom. The summed E-state index contributed by atoms with van der Waals surface area (Å²) in [6, 6.07) is 14.7. The summed E-state index contributed by atoms with van der Waals surface area (Å²) >= 11 is 0. The van der Waals surface area contributed by atoms with E-state index in [1.54, 1.807) is 6.07 Å². The molecule has 0 saturated carbocycles. The van der Waals surface area contributed by atoms with Crippen LogP contribution in [0.1, 0.15) is 56.5 Å². The lowest BCUT2D eigenvalue weighted by Gasteiger charge is -2.23. The summed E-state index contributed by atoms with van der Waals surface area (Å²) in [6.45, 7) is 9.39. The van der Waals surface area contributed by atoms with Crippen LogP contribution in [0.15, 0.2) is 53.4 Å². The maximum atomic E-state index is 13.0. The lowest BCUT2D eigenvalue weighted by atomic mass is 9.94. The fraction of sp³-hybridized carbons (Fsp3) is 0.409. The average Bonchev–Trinajstić information content (AvgIpc) is 2.61. The van der Waals surface area contributed by atoms with E-state index in [-0.39, 0.29) is 17.7 Å². The largest absolute Gasteiger partial charge is 0.387 e. The van der Waals surface area contributed by atoms with Crippen molar-refractivity contribution in [2.45, 2.75) is 51.7 Å². The number of aliphatic hydroxyl groups is 1. The maximum Gasteiger partial charge on any atom is 0.225 e. The molecule has 2 aromatic carbocycles. The van der Waals surface area contributed by atoms with Gasteiger partial charge in [-0.2, -0.15) is 0 Å². The van der Waals surface area contributed by atoms with Gasteiger partial charge in [0.2, 0.25) is 5.91 Å². The minimum absolute atomic E-state index is 0.0597. The Balaban J connectivity index is 2.20. The number of aryl methyl sites for hydroxylation is 1. The molecular weight excluding hydrogens is 358 g/mol. The molecule has 0 saturated heterocycles. The SMILES string of the molecule is Cc1ccccc1[C@@H](O)CS(=O)c1ccccc1[C@@H](C)NC(=O)C(C)(C)C. The summed E-state index contributed by atoms with van der Waals surface area (Å²) in [5.74, 6) is 0.0532. The first-order chi connectivity index (χ1) is 12.6. The third-order valence-corrected chi connectivity index (χ3v) is 6.00. The van der Waals surface area contributed by atoms with E-state index in [1.165, 1.54) is 0 Å². The monoisotopic (exact) mass is 387 g/mol. The first-order valence-corrected chi connectivity index (χ1v) is 10.4. The Morgan fingerprint density at radius 1 is 1.07 bits per heavy atom. The molecule has 2 aromatic rings. The number of aliphatic hydroxyl groups excluding tert-OH is 1. The van der Waals surface area contributed by atoms with Crippen molar-refractivity contribution in [2.75, 3.05) is 5.75 Å². The molecule has 146 valence electrons. The van der Waals surface area contributed by atoms with Gasteiger partial charge in [0.25, 0.3) is 0 Å². The number of amides is 1. The number of carbonyl (C=O) groups excluding carboxylic acids is 1. The summed E-state index contributed by atoms with van der Waals surface area (Å²) in [4.78, 5) is 12.9. The van der Waals surface area contributed by atoms with Crippen molar-refractivity contribution in [3.8, 4) is 0 Å². The zero-order valence-electron chi connectivity index (χ0n) is 16.7. The van der Waals surface area contributed by atoms with Crippen LogP contribution < -0.4 is 5.32 Å². The lowest BCUT2D eigenvalue weighted by Crippen LogP contribution is -2.36. The Kier molecular flexibility index (Phi) is 6.95. The molecule has 0 aromatic heterocycles. The molecule has 0 aliphatic carbocycles. The molecule has 4 nitrogen and oxygen atoms in total. The molecule has 1 amide bonds. The van der Waals surface area contributed by atoms with Gasteiger partial charge in [0.05, 0.1) is 28.7 Å². The van der Waals surface area contributed by atoms with Crippen molar-refractivity contribution >= 4 is 16.7 Å². The van der Waals surface area contributed by atoms with Crippen LogP contribution in [0.2, 0.25) is 0 Å². The van der Waals surface area contributed by atoms with E-state index < -0.39 is 22.3 Å².